The molecule has 0 bridgehead atoms. The van der Waals surface area contributed by atoms with Gasteiger partial charge >= 0.3 is 0 Å². The topological polar surface area (TPSA) is 101 Å². The van der Waals surface area contributed by atoms with E-state index < -0.39 is 0 Å². The first-order valence-corrected chi connectivity index (χ1v) is 11.2. The molecule has 4 heterocycles. The quantitative estimate of drug-likeness (QED) is 0.412. The summed E-state index contributed by atoms with van der Waals surface area (Å²) in [5, 5.41) is 11.4. The summed E-state index contributed by atoms with van der Waals surface area (Å²) in [4.78, 5) is 15.4. The van der Waals surface area contributed by atoms with Gasteiger partial charge in [-0.2, -0.15) is 0 Å². The van der Waals surface area contributed by atoms with Crippen LogP contribution in [-0.4, -0.2) is 56.3 Å². The number of aromatic amines is 1. The Morgan fingerprint density at radius 2 is 1.94 bits per heavy atom. The first kappa shape index (κ1) is 21.1. The molecule has 9 heteroatoms. The molecule has 0 amide bonds. The number of likely N-dealkylation sites (tertiary alicyclic amines) is 1. The molecule has 9 nitrogen and oxygen atoms in total. The standard InChI is InChI=1S/C24H27N7O2/c1-16-13-18(6-8-20(16)33-19-7-5-17(2)25-14-19)28-22-21-23(27-15-26-22)29-30-24(21)32-12-11-31-9-3-4-10-31/h5-8,13-15H,3-4,9-12H2,1-2H3,(H2,26,27,28,29,30). The van der Waals surface area contributed by atoms with Crippen LogP contribution in [0, 0.1) is 13.8 Å². The number of hydrogen-bond acceptors (Lipinski definition) is 8. The maximum absolute atomic E-state index is 5.99. The predicted octanol–water partition coefficient (Wildman–Crippen LogP) is 4.38. The monoisotopic (exact) mass is 445 g/mol. The van der Waals surface area contributed by atoms with Crippen molar-refractivity contribution in [3.05, 3.63) is 54.1 Å². The molecular formula is C24H27N7O2. The van der Waals surface area contributed by atoms with Crippen LogP contribution in [0.2, 0.25) is 0 Å². The molecule has 1 aliphatic rings. The number of benzene rings is 1. The maximum atomic E-state index is 5.99. The SMILES string of the molecule is Cc1ccc(Oc2ccc(Nc3ncnc4[nH]nc(OCCN5CCCC5)c34)cc2C)cn1. The van der Waals surface area contributed by atoms with Gasteiger partial charge in [0.1, 0.15) is 35.6 Å². The number of ether oxygens (including phenoxy) is 2. The number of hydrogen-bond donors (Lipinski definition) is 2. The van der Waals surface area contributed by atoms with Crippen molar-refractivity contribution in [2.45, 2.75) is 26.7 Å². The van der Waals surface area contributed by atoms with Crippen molar-refractivity contribution in [3.8, 4) is 17.4 Å². The first-order chi connectivity index (χ1) is 16.2. The van der Waals surface area contributed by atoms with Crippen LogP contribution in [0.1, 0.15) is 24.1 Å². The van der Waals surface area contributed by atoms with Gasteiger partial charge in [-0.3, -0.25) is 15.0 Å². The first-order valence-electron chi connectivity index (χ1n) is 11.2. The van der Waals surface area contributed by atoms with Crippen molar-refractivity contribution in [1.82, 2.24) is 30.0 Å². The van der Waals surface area contributed by atoms with Gasteiger partial charge in [0.2, 0.25) is 5.88 Å². The summed E-state index contributed by atoms with van der Waals surface area (Å²) in [5.74, 6) is 2.63. The molecule has 33 heavy (non-hydrogen) atoms. The van der Waals surface area contributed by atoms with Crippen molar-refractivity contribution in [3.63, 3.8) is 0 Å². The molecule has 0 saturated carbocycles. The van der Waals surface area contributed by atoms with Crippen LogP contribution in [0.4, 0.5) is 11.5 Å². The number of nitrogens with zero attached hydrogens (tertiary/aromatic N) is 5. The number of H-pyrrole nitrogens is 1. The Kier molecular flexibility index (Phi) is 6.03. The summed E-state index contributed by atoms with van der Waals surface area (Å²) in [6.45, 7) is 7.70. The van der Waals surface area contributed by atoms with Gasteiger partial charge in [-0.1, -0.05) is 0 Å². The molecule has 1 aliphatic heterocycles. The molecule has 3 aromatic heterocycles. The van der Waals surface area contributed by atoms with Gasteiger partial charge in [-0.25, -0.2) is 9.97 Å². The molecule has 1 saturated heterocycles. The highest BCUT2D eigenvalue weighted by Crippen LogP contribution is 2.32. The summed E-state index contributed by atoms with van der Waals surface area (Å²) in [5.41, 5.74) is 3.45. The molecule has 1 aromatic carbocycles. The number of aromatic nitrogens is 5. The van der Waals surface area contributed by atoms with Gasteiger partial charge in [-0.05, 0) is 75.7 Å². The molecule has 5 rings (SSSR count). The van der Waals surface area contributed by atoms with Gasteiger partial charge in [-0.15, -0.1) is 5.10 Å². The van der Waals surface area contributed by atoms with Crippen molar-refractivity contribution in [1.29, 1.82) is 0 Å². The van der Waals surface area contributed by atoms with Crippen LogP contribution in [0.5, 0.6) is 17.4 Å². The average Bonchev–Trinajstić information content (AvgIpc) is 3.48. The van der Waals surface area contributed by atoms with Crippen LogP contribution >= 0.6 is 0 Å². The summed E-state index contributed by atoms with van der Waals surface area (Å²) in [6.07, 6.45) is 5.76. The molecule has 4 aromatic rings. The number of rotatable bonds is 8. The molecular weight excluding hydrogens is 418 g/mol. The van der Waals surface area contributed by atoms with Crippen LogP contribution in [0.3, 0.4) is 0 Å². The fourth-order valence-corrected chi connectivity index (χ4v) is 3.93. The lowest BCUT2D eigenvalue weighted by Crippen LogP contribution is -2.25. The van der Waals surface area contributed by atoms with Gasteiger partial charge in [0.25, 0.3) is 0 Å². The molecule has 0 spiro atoms. The van der Waals surface area contributed by atoms with Crippen LogP contribution in [0.25, 0.3) is 11.0 Å². The normalized spacial score (nSPS) is 14.0. The highest BCUT2D eigenvalue weighted by atomic mass is 16.5. The summed E-state index contributed by atoms with van der Waals surface area (Å²) in [7, 11) is 0. The van der Waals surface area contributed by atoms with Crippen LogP contribution in [0.15, 0.2) is 42.9 Å². The van der Waals surface area contributed by atoms with Gasteiger partial charge < -0.3 is 14.8 Å². The third kappa shape index (κ3) is 4.88. The van der Waals surface area contributed by atoms with Gasteiger partial charge in [0.05, 0.1) is 6.20 Å². The Bertz CT molecular complexity index is 1230. The molecule has 0 radical (unpaired) electrons. The highest BCUT2D eigenvalue weighted by molar-refractivity contribution is 5.92. The second-order valence-electron chi connectivity index (χ2n) is 8.21. The zero-order chi connectivity index (χ0) is 22.6. The van der Waals surface area contributed by atoms with Crippen molar-refractivity contribution in [2.75, 3.05) is 31.6 Å². The molecule has 2 N–H and O–H groups in total. The minimum Gasteiger partial charge on any atom is -0.475 e. The lowest BCUT2D eigenvalue weighted by atomic mass is 10.2. The van der Waals surface area contributed by atoms with E-state index in [4.69, 9.17) is 9.47 Å². The average molecular weight is 446 g/mol. The van der Waals surface area contributed by atoms with E-state index in [2.05, 4.69) is 35.4 Å². The second-order valence-corrected chi connectivity index (χ2v) is 8.21. The Hall–Kier alpha value is -3.72. The summed E-state index contributed by atoms with van der Waals surface area (Å²) >= 11 is 0. The van der Waals surface area contributed by atoms with E-state index in [0.717, 1.165) is 47.7 Å². The second kappa shape index (κ2) is 9.41. The van der Waals surface area contributed by atoms with Gasteiger partial charge in [0, 0.05) is 17.9 Å². The highest BCUT2D eigenvalue weighted by Gasteiger charge is 2.16. The predicted molar refractivity (Wildman–Crippen MR) is 126 cm³/mol. The number of aryl methyl sites for hydroxylation is 2. The van der Waals surface area contributed by atoms with E-state index in [1.807, 2.05) is 44.2 Å². The molecule has 0 aliphatic carbocycles. The minimum absolute atomic E-state index is 0.510. The third-order valence-corrected chi connectivity index (χ3v) is 5.72. The molecule has 0 unspecified atom stereocenters. The number of anilines is 2. The molecule has 170 valence electrons. The van der Waals surface area contributed by atoms with Crippen LogP contribution < -0.4 is 14.8 Å². The summed E-state index contributed by atoms with van der Waals surface area (Å²) in [6, 6.07) is 9.73. The molecule has 0 atom stereocenters. The Labute approximate surface area is 192 Å². The fraction of sp³-hybridized carbons (Fsp3) is 0.333. The lowest BCUT2D eigenvalue weighted by molar-refractivity contribution is 0.233. The largest absolute Gasteiger partial charge is 0.475 e. The number of fused-ring (bicyclic) bond motifs is 1. The van der Waals surface area contributed by atoms with Crippen LogP contribution in [-0.2, 0) is 0 Å². The van der Waals surface area contributed by atoms with Crippen molar-refractivity contribution in [2.24, 2.45) is 0 Å². The number of pyridine rings is 1. The van der Waals surface area contributed by atoms with E-state index >= 15 is 0 Å². The van der Waals surface area contributed by atoms with E-state index in [0.29, 0.717) is 29.7 Å². The Balaban J connectivity index is 1.31. The fourth-order valence-electron chi connectivity index (χ4n) is 3.93. The number of nitrogens with one attached hydrogen (secondary N) is 2. The van der Waals surface area contributed by atoms with Crippen molar-refractivity contribution < 1.29 is 9.47 Å². The van der Waals surface area contributed by atoms with E-state index in [1.165, 1.54) is 19.2 Å². The van der Waals surface area contributed by atoms with E-state index in [-0.39, 0.29) is 0 Å². The lowest BCUT2D eigenvalue weighted by Gasteiger charge is -2.14. The Morgan fingerprint density at radius 3 is 2.73 bits per heavy atom. The third-order valence-electron chi connectivity index (χ3n) is 5.72. The smallest absolute Gasteiger partial charge is 0.246 e. The maximum Gasteiger partial charge on any atom is 0.246 e. The van der Waals surface area contributed by atoms with Gasteiger partial charge in [0.15, 0.2) is 5.65 Å². The molecule has 1 fully saturated rings. The van der Waals surface area contributed by atoms with E-state index in [1.54, 1.807) is 6.20 Å². The summed E-state index contributed by atoms with van der Waals surface area (Å²) < 4.78 is 12.0. The zero-order valence-electron chi connectivity index (χ0n) is 18.8. The van der Waals surface area contributed by atoms with E-state index in [9.17, 15) is 0 Å². The Morgan fingerprint density at radius 1 is 1.06 bits per heavy atom. The zero-order valence-corrected chi connectivity index (χ0v) is 18.8. The minimum atomic E-state index is 0.510. The van der Waals surface area contributed by atoms with Crippen molar-refractivity contribution >= 4 is 22.5 Å².